The maximum absolute atomic E-state index is 13.4. The first-order chi connectivity index (χ1) is 11.2. The van der Waals surface area contributed by atoms with Gasteiger partial charge in [0.05, 0.1) is 0 Å². The summed E-state index contributed by atoms with van der Waals surface area (Å²) in [6.45, 7) is 10.6. The summed E-state index contributed by atoms with van der Waals surface area (Å²) in [7, 11) is 0. The second-order valence-electron chi connectivity index (χ2n) is 7.62. The lowest BCUT2D eigenvalue weighted by molar-refractivity contribution is -0.139. The second-order valence-corrected chi connectivity index (χ2v) is 7.62. The van der Waals surface area contributed by atoms with Crippen LogP contribution in [-0.2, 0) is 10.4 Å². The average Bonchev–Trinajstić information content (AvgIpc) is 2.45. The highest BCUT2D eigenvalue weighted by Crippen LogP contribution is 2.23. The summed E-state index contributed by atoms with van der Waals surface area (Å²) in [5, 5.41) is 13.4. The molecule has 2 rings (SSSR count). The molecule has 1 aromatic carbocycles. The monoisotopic (exact) mass is 336 g/mol. The third kappa shape index (κ3) is 4.77. The molecule has 0 unspecified atom stereocenters. The van der Waals surface area contributed by atoms with Gasteiger partial charge in [-0.05, 0) is 49.8 Å². The van der Waals surface area contributed by atoms with Crippen LogP contribution in [-0.4, -0.2) is 41.6 Å². The molecular weight excluding hydrogens is 307 g/mol. The van der Waals surface area contributed by atoms with E-state index in [1.54, 1.807) is 6.07 Å². The van der Waals surface area contributed by atoms with E-state index in [0.717, 1.165) is 19.6 Å². The van der Waals surface area contributed by atoms with E-state index < -0.39 is 17.3 Å². The van der Waals surface area contributed by atoms with Gasteiger partial charge in [0.1, 0.15) is 5.82 Å². The molecule has 0 bridgehead atoms. The van der Waals surface area contributed by atoms with Crippen molar-refractivity contribution in [1.29, 1.82) is 0 Å². The van der Waals surface area contributed by atoms with Gasteiger partial charge in [0, 0.05) is 25.7 Å². The Bertz CT molecular complexity index is 566. The van der Waals surface area contributed by atoms with Crippen LogP contribution >= 0.6 is 0 Å². The number of likely N-dealkylation sites (tertiary alicyclic amines) is 1. The molecule has 24 heavy (non-hydrogen) atoms. The van der Waals surface area contributed by atoms with Crippen molar-refractivity contribution in [3.63, 3.8) is 0 Å². The number of nitrogens with one attached hydrogen (secondary N) is 1. The Labute approximate surface area is 144 Å². The molecule has 1 aliphatic heterocycles. The van der Waals surface area contributed by atoms with Crippen LogP contribution in [0.3, 0.4) is 0 Å². The smallest absolute Gasteiger partial charge is 0.256 e. The minimum absolute atomic E-state index is 0.0879. The van der Waals surface area contributed by atoms with E-state index in [9.17, 15) is 14.3 Å². The number of carbonyl (C=O) groups is 1. The molecule has 0 spiro atoms. The van der Waals surface area contributed by atoms with Crippen molar-refractivity contribution in [2.45, 2.75) is 45.8 Å². The number of hydrogen-bond donors (Lipinski definition) is 2. The predicted octanol–water partition coefficient (Wildman–Crippen LogP) is 2.52. The number of amides is 1. The zero-order valence-corrected chi connectivity index (χ0v) is 15.1. The zero-order chi connectivity index (χ0) is 17.9. The molecule has 0 aliphatic carbocycles. The molecule has 2 N–H and O–H groups in total. The Kier molecular flexibility index (Phi) is 5.99. The van der Waals surface area contributed by atoms with E-state index in [1.165, 1.54) is 31.5 Å². The van der Waals surface area contributed by atoms with Gasteiger partial charge in [-0.25, -0.2) is 4.39 Å². The maximum atomic E-state index is 13.4. The summed E-state index contributed by atoms with van der Waals surface area (Å²) in [5.74, 6) is 0.350. The fraction of sp³-hybridized carbons (Fsp3) is 0.632. The van der Waals surface area contributed by atoms with Crippen LogP contribution in [0.25, 0.3) is 0 Å². The molecule has 0 radical (unpaired) electrons. The maximum Gasteiger partial charge on any atom is 0.256 e. The van der Waals surface area contributed by atoms with Crippen molar-refractivity contribution in [3.8, 4) is 0 Å². The summed E-state index contributed by atoms with van der Waals surface area (Å²) < 4.78 is 13.4. The number of rotatable bonds is 5. The third-order valence-electron chi connectivity index (χ3n) is 4.68. The third-order valence-corrected chi connectivity index (χ3v) is 4.68. The molecule has 4 atom stereocenters. The molecule has 0 saturated carbocycles. The minimum atomic E-state index is -1.75. The Balaban J connectivity index is 1.95. The van der Waals surface area contributed by atoms with E-state index in [-0.39, 0.29) is 11.6 Å². The normalized spacial score (nSPS) is 25.8. The van der Waals surface area contributed by atoms with Gasteiger partial charge in [0.2, 0.25) is 0 Å². The van der Waals surface area contributed by atoms with E-state index in [1.807, 2.05) is 6.92 Å². The summed E-state index contributed by atoms with van der Waals surface area (Å²) in [6.07, 6.45) is 1.24. The first-order valence-electron chi connectivity index (χ1n) is 8.70. The van der Waals surface area contributed by atoms with Gasteiger partial charge in [-0.15, -0.1) is 0 Å². The summed E-state index contributed by atoms with van der Waals surface area (Å²) in [6, 6.07) is 5.44. The highest BCUT2D eigenvalue weighted by Gasteiger charge is 2.34. The van der Waals surface area contributed by atoms with E-state index >= 15 is 0 Å². The van der Waals surface area contributed by atoms with E-state index in [2.05, 4.69) is 24.1 Å². The molecular formula is C19H29FN2O2. The van der Waals surface area contributed by atoms with Crippen molar-refractivity contribution in [1.82, 2.24) is 10.2 Å². The number of halogens is 1. The Morgan fingerprint density at radius 3 is 2.62 bits per heavy atom. The molecule has 1 aromatic rings. The SMILES string of the molecule is C[C@@H]1C[C@H](C)CN(C[C@@H](C)NC(=O)[C@@](C)(O)c2cccc(F)c2)C1. The number of hydrogen-bond acceptors (Lipinski definition) is 3. The van der Waals surface area contributed by atoms with E-state index in [4.69, 9.17) is 0 Å². The number of carbonyl (C=O) groups excluding carboxylic acids is 1. The molecule has 1 amide bonds. The zero-order valence-electron chi connectivity index (χ0n) is 15.1. The Morgan fingerprint density at radius 2 is 2.04 bits per heavy atom. The number of nitrogens with zero attached hydrogens (tertiary/aromatic N) is 1. The molecule has 1 saturated heterocycles. The molecule has 134 valence electrons. The van der Waals surface area contributed by atoms with Crippen LogP contribution in [0.5, 0.6) is 0 Å². The fourth-order valence-corrected chi connectivity index (χ4v) is 3.66. The first-order valence-corrected chi connectivity index (χ1v) is 8.70. The Hall–Kier alpha value is -1.46. The average molecular weight is 336 g/mol. The van der Waals surface area contributed by atoms with Crippen LogP contribution in [0, 0.1) is 17.7 Å². The van der Waals surface area contributed by atoms with Gasteiger partial charge >= 0.3 is 0 Å². The second kappa shape index (κ2) is 7.62. The van der Waals surface area contributed by atoms with Gasteiger partial charge in [0.25, 0.3) is 5.91 Å². The van der Waals surface area contributed by atoms with Crippen LogP contribution < -0.4 is 5.32 Å². The van der Waals surface area contributed by atoms with Crippen molar-refractivity contribution in [2.75, 3.05) is 19.6 Å². The van der Waals surface area contributed by atoms with Crippen LogP contribution in [0.15, 0.2) is 24.3 Å². The Morgan fingerprint density at radius 1 is 1.42 bits per heavy atom. The molecule has 0 aromatic heterocycles. The summed E-state index contributed by atoms with van der Waals surface area (Å²) >= 11 is 0. The highest BCUT2D eigenvalue weighted by atomic mass is 19.1. The fourth-order valence-electron chi connectivity index (χ4n) is 3.66. The highest BCUT2D eigenvalue weighted by molar-refractivity contribution is 5.86. The van der Waals surface area contributed by atoms with Gasteiger partial charge in [-0.1, -0.05) is 26.0 Å². The van der Waals surface area contributed by atoms with Crippen molar-refractivity contribution >= 4 is 5.91 Å². The molecule has 1 fully saturated rings. The quantitative estimate of drug-likeness (QED) is 0.869. The van der Waals surface area contributed by atoms with Crippen molar-refractivity contribution in [3.05, 3.63) is 35.6 Å². The lowest BCUT2D eigenvalue weighted by Gasteiger charge is -2.37. The predicted molar refractivity (Wildman–Crippen MR) is 93.0 cm³/mol. The van der Waals surface area contributed by atoms with Gasteiger partial charge < -0.3 is 15.3 Å². The topological polar surface area (TPSA) is 52.6 Å². The van der Waals surface area contributed by atoms with Crippen LogP contribution in [0.1, 0.15) is 39.7 Å². The summed E-state index contributed by atoms with van der Waals surface area (Å²) in [4.78, 5) is 14.8. The molecule has 5 heteroatoms. The summed E-state index contributed by atoms with van der Waals surface area (Å²) in [5.41, 5.74) is -1.49. The van der Waals surface area contributed by atoms with E-state index in [0.29, 0.717) is 11.8 Å². The van der Waals surface area contributed by atoms with Gasteiger partial charge in [-0.3, -0.25) is 4.79 Å². The number of aliphatic hydroxyl groups is 1. The van der Waals surface area contributed by atoms with Crippen molar-refractivity contribution < 1.29 is 14.3 Å². The van der Waals surface area contributed by atoms with Gasteiger partial charge in [-0.2, -0.15) is 0 Å². The lowest BCUT2D eigenvalue weighted by atomic mass is 9.91. The molecule has 1 heterocycles. The van der Waals surface area contributed by atoms with Gasteiger partial charge in [0.15, 0.2) is 5.60 Å². The molecule has 1 aliphatic rings. The molecule has 4 nitrogen and oxygen atoms in total. The standard InChI is InChI=1S/C19H29FN2O2/c1-13-8-14(2)11-22(10-13)12-15(3)21-18(23)19(4,24)16-6-5-7-17(20)9-16/h5-7,9,13-15,24H,8,10-12H2,1-4H3,(H,21,23)/t13-,14+,15-,19+/m1/s1. The first kappa shape index (κ1) is 18.9. The lowest BCUT2D eigenvalue weighted by Crippen LogP contribution is -2.51. The van der Waals surface area contributed by atoms with Crippen LogP contribution in [0.4, 0.5) is 4.39 Å². The largest absolute Gasteiger partial charge is 0.376 e. The van der Waals surface area contributed by atoms with Crippen LogP contribution in [0.2, 0.25) is 0 Å². The number of benzene rings is 1. The number of piperidine rings is 1. The van der Waals surface area contributed by atoms with Crippen molar-refractivity contribution in [2.24, 2.45) is 11.8 Å². The minimum Gasteiger partial charge on any atom is -0.376 e.